The van der Waals surface area contributed by atoms with Crippen molar-refractivity contribution in [2.45, 2.75) is 76.8 Å². The molecule has 0 aliphatic heterocycles. The van der Waals surface area contributed by atoms with Gasteiger partial charge in [-0.1, -0.05) is 30.7 Å². The van der Waals surface area contributed by atoms with Gasteiger partial charge in [0, 0.05) is 71.2 Å². The van der Waals surface area contributed by atoms with Crippen LogP contribution < -0.4 is 27.0 Å². The monoisotopic (exact) mass is 809 g/mol. The molecular formula is C43H59N11O5. The smallest absolute Gasteiger partial charge is 0.246 e. The van der Waals surface area contributed by atoms with Gasteiger partial charge in [-0.3, -0.25) is 48.9 Å². The number of nitrogens with zero attached hydrogens (tertiary/aromatic N) is 6. The Hall–Kier alpha value is -5.68. The first kappa shape index (κ1) is 46.0. The molecule has 2 atom stereocenters. The number of ether oxygens (including phenoxy) is 1. The molecule has 16 heteroatoms. The van der Waals surface area contributed by atoms with E-state index in [1.807, 2.05) is 72.8 Å². The number of carbonyl (C=O) groups is 4. The third kappa shape index (κ3) is 19.1. The topological polar surface area (TPSA) is 210 Å². The highest BCUT2D eigenvalue weighted by molar-refractivity contribution is 5.91. The van der Waals surface area contributed by atoms with Crippen molar-refractivity contribution in [3.8, 4) is 0 Å². The van der Waals surface area contributed by atoms with Crippen molar-refractivity contribution in [3.05, 3.63) is 120 Å². The second-order valence-electron chi connectivity index (χ2n) is 14.2. The van der Waals surface area contributed by atoms with Crippen LogP contribution in [0.1, 0.15) is 61.3 Å². The Morgan fingerprint density at radius 1 is 0.593 bits per heavy atom. The first-order valence-electron chi connectivity index (χ1n) is 20.2. The van der Waals surface area contributed by atoms with Crippen LogP contribution in [0.15, 0.2) is 97.6 Å². The van der Waals surface area contributed by atoms with E-state index in [2.05, 4.69) is 51.0 Å². The van der Waals surface area contributed by atoms with Gasteiger partial charge in [0.1, 0.15) is 12.6 Å². The lowest BCUT2D eigenvalue weighted by Crippen LogP contribution is -2.53. The summed E-state index contributed by atoms with van der Waals surface area (Å²) in [6.07, 6.45) is 10.7. The van der Waals surface area contributed by atoms with E-state index < -0.39 is 29.8 Å². The van der Waals surface area contributed by atoms with Crippen LogP contribution in [0.2, 0.25) is 0 Å². The SMILES string of the molecule is COCC(=O)NCCNC(=O)CNC(=O)C(CCCCN(Cc1ccccn1)Cc1ccccn1)NC(=O)C(N)CCCCN(Cc1ccccn1)Cc1ccccn1. The molecule has 4 aromatic heterocycles. The van der Waals surface area contributed by atoms with Crippen LogP contribution >= 0.6 is 0 Å². The second kappa shape index (κ2) is 27.1. The predicted octanol–water partition coefficient (Wildman–Crippen LogP) is 2.12. The highest BCUT2D eigenvalue weighted by atomic mass is 16.5. The van der Waals surface area contributed by atoms with Gasteiger partial charge in [-0.25, -0.2) is 0 Å². The van der Waals surface area contributed by atoms with E-state index >= 15 is 0 Å². The number of unbranched alkanes of at least 4 members (excludes halogenated alkanes) is 2. The zero-order chi connectivity index (χ0) is 41.9. The highest BCUT2D eigenvalue weighted by Crippen LogP contribution is 2.12. The van der Waals surface area contributed by atoms with Crippen LogP contribution in [0.5, 0.6) is 0 Å². The highest BCUT2D eigenvalue weighted by Gasteiger charge is 2.24. The molecule has 0 spiro atoms. The van der Waals surface area contributed by atoms with Gasteiger partial charge in [-0.2, -0.15) is 0 Å². The van der Waals surface area contributed by atoms with E-state index in [9.17, 15) is 19.2 Å². The molecule has 2 unspecified atom stereocenters. The van der Waals surface area contributed by atoms with Crippen LogP contribution in [-0.2, 0) is 50.1 Å². The maximum atomic E-state index is 13.5. The lowest BCUT2D eigenvalue weighted by atomic mass is 10.1. The Labute approximate surface area is 347 Å². The summed E-state index contributed by atoms with van der Waals surface area (Å²) in [4.78, 5) is 73.5. The standard InChI is InChI=1S/C43H59N11O5/c1-59-33-41(56)50-25-24-49-40(55)28-51-43(58)39(19-7-13-27-54(31-36-16-4-10-22-47-36)32-37-17-5-11-23-48-37)52-42(57)38(44)18-6-12-26-53(29-34-14-2-8-20-45-34)30-35-15-3-9-21-46-35/h2-5,8-11,14-17,20-23,38-39H,6-7,12-13,18-19,24-33,44H2,1H3,(H,49,55)(H,50,56)(H,51,58)(H,52,57). The fraction of sp³-hybridized carbons (Fsp3) is 0.442. The fourth-order valence-corrected chi connectivity index (χ4v) is 6.31. The number of amides is 4. The molecule has 4 amide bonds. The van der Waals surface area contributed by atoms with E-state index in [1.54, 1.807) is 24.8 Å². The van der Waals surface area contributed by atoms with Crippen LogP contribution in [0, 0.1) is 0 Å². The molecule has 4 rings (SSSR count). The summed E-state index contributed by atoms with van der Waals surface area (Å²) in [6.45, 7) is 4.05. The first-order chi connectivity index (χ1) is 28.8. The Morgan fingerprint density at radius 2 is 1.03 bits per heavy atom. The molecule has 16 nitrogen and oxygen atoms in total. The molecule has 0 aliphatic rings. The average Bonchev–Trinajstić information content (AvgIpc) is 3.25. The summed E-state index contributed by atoms with van der Waals surface area (Å²) in [6, 6.07) is 21.7. The molecule has 0 aromatic carbocycles. The molecule has 316 valence electrons. The number of aromatic nitrogens is 4. The van der Waals surface area contributed by atoms with Crippen molar-refractivity contribution in [3.63, 3.8) is 0 Å². The van der Waals surface area contributed by atoms with Gasteiger partial charge in [0.2, 0.25) is 23.6 Å². The Bertz CT molecular complexity index is 1710. The maximum Gasteiger partial charge on any atom is 0.246 e. The normalized spacial score (nSPS) is 12.1. The van der Waals surface area contributed by atoms with Crippen LogP contribution in [0.4, 0.5) is 0 Å². The molecule has 6 N–H and O–H groups in total. The second-order valence-corrected chi connectivity index (χ2v) is 14.2. The van der Waals surface area contributed by atoms with Crippen LogP contribution in [-0.4, -0.2) is 112 Å². The van der Waals surface area contributed by atoms with Crippen molar-refractivity contribution in [1.82, 2.24) is 51.0 Å². The molecule has 0 saturated heterocycles. The van der Waals surface area contributed by atoms with E-state index in [1.165, 1.54) is 7.11 Å². The number of pyridine rings is 4. The minimum atomic E-state index is -0.901. The number of rotatable bonds is 28. The maximum absolute atomic E-state index is 13.5. The summed E-state index contributed by atoms with van der Waals surface area (Å²) in [5.41, 5.74) is 10.2. The van der Waals surface area contributed by atoms with Gasteiger partial charge < -0.3 is 31.7 Å². The summed E-state index contributed by atoms with van der Waals surface area (Å²) in [5, 5.41) is 10.8. The third-order valence-electron chi connectivity index (χ3n) is 9.34. The molecule has 0 aliphatic carbocycles. The molecule has 4 aromatic rings. The summed E-state index contributed by atoms with van der Waals surface area (Å²) in [7, 11) is 1.42. The summed E-state index contributed by atoms with van der Waals surface area (Å²) >= 11 is 0. The minimum Gasteiger partial charge on any atom is -0.375 e. The number of carbonyl (C=O) groups excluding carboxylic acids is 4. The fourth-order valence-electron chi connectivity index (χ4n) is 6.31. The Morgan fingerprint density at radius 3 is 1.46 bits per heavy atom. The third-order valence-corrected chi connectivity index (χ3v) is 9.34. The van der Waals surface area contributed by atoms with Gasteiger partial charge >= 0.3 is 0 Å². The van der Waals surface area contributed by atoms with Crippen molar-refractivity contribution in [2.75, 3.05) is 46.4 Å². The van der Waals surface area contributed by atoms with Gasteiger partial charge in [-0.15, -0.1) is 0 Å². The number of hydrogen-bond acceptors (Lipinski definition) is 12. The number of methoxy groups -OCH3 is 1. The molecule has 59 heavy (non-hydrogen) atoms. The van der Waals surface area contributed by atoms with Crippen LogP contribution in [0.25, 0.3) is 0 Å². The van der Waals surface area contributed by atoms with E-state index in [0.717, 1.165) is 42.2 Å². The molecule has 4 heterocycles. The zero-order valence-corrected chi connectivity index (χ0v) is 34.0. The number of nitrogens with two attached hydrogens (primary N) is 1. The van der Waals surface area contributed by atoms with Crippen molar-refractivity contribution < 1.29 is 23.9 Å². The van der Waals surface area contributed by atoms with Crippen LogP contribution in [0.3, 0.4) is 0 Å². The van der Waals surface area contributed by atoms with Crippen molar-refractivity contribution in [1.29, 1.82) is 0 Å². The number of nitrogens with one attached hydrogen (secondary N) is 4. The largest absolute Gasteiger partial charge is 0.375 e. The Balaban J connectivity index is 1.30. The molecule has 0 bridgehead atoms. The van der Waals surface area contributed by atoms with Gasteiger partial charge in [0.15, 0.2) is 0 Å². The lowest BCUT2D eigenvalue weighted by Gasteiger charge is -2.24. The Kier molecular flexibility index (Phi) is 21.1. The molecule has 0 radical (unpaired) electrons. The quantitative estimate of drug-likeness (QED) is 0.0523. The van der Waals surface area contributed by atoms with E-state index in [0.29, 0.717) is 58.4 Å². The van der Waals surface area contributed by atoms with Crippen molar-refractivity contribution in [2.24, 2.45) is 5.73 Å². The van der Waals surface area contributed by atoms with E-state index in [-0.39, 0.29) is 32.1 Å². The number of hydrogen-bond donors (Lipinski definition) is 5. The zero-order valence-electron chi connectivity index (χ0n) is 34.0. The minimum absolute atomic E-state index is 0.0782. The summed E-state index contributed by atoms with van der Waals surface area (Å²) < 4.78 is 4.78. The van der Waals surface area contributed by atoms with Crippen molar-refractivity contribution >= 4 is 23.6 Å². The molecule has 0 saturated carbocycles. The van der Waals surface area contributed by atoms with Gasteiger partial charge in [-0.05, 0) is 93.7 Å². The first-order valence-corrected chi connectivity index (χ1v) is 20.2. The molecule has 0 fully saturated rings. The van der Waals surface area contributed by atoms with Gasteiger partial charge in [0.25, 0.3) is 0 Å². The lowest BCUT2D eigenvalue weighted by molar-refractivity contribution is -0.131. The average molecular weight is 810 g/mol. The van der Waals surface area contributed by atoms with E-state index in [4.69, 9.17) is 10.5 Å². The predicted molar refractivity (Wildman–Crippen MR) is 224 cm³/mol. The van der Waals surface area contributed by atoms with Gasteiger partial charge in [0.05, 0.1) is 35.4 Å². The summed E-state index contributed by atoms with van der Waals surface area (Å²) in [5.74, 6) is -1.63. The molecular weight excluding hydrogens is 751 g/mol.